The number of thiazole rings is 1. The molecule has 3 atom stereocenters. The lowest BCUT2D eigenvalue weighted by Crippen LogP contribution is -2.71. The second-order valence-electron chi connectivity index (χ2n) is 8.59. The Bertz CT molecular complexity index is 1400. The molecule has 2 amide bonds. The minimum atomic E-state index is -5.07. The van der Waals surface area contributed by atoms with Crippen molar-refractivity contribution in [3.05, 3.63) is 57.1 Å². The average Bonchev–Trinajstić information content (AvgIpc) is 3.35. The lowest BCUT2D eigenvalue weighted by Gasteiger charge is -2.49. The van der Waals surface area contributed by atoms with E-state index in [0.717, 1.165) is 16.2 Å². The summed E-state index contributed by atoms with van der Waals surface area (Å²) in [5, 5.41) is 15.8. The smallest absolute Gasteiger partial charge is 0.489 e. The summed E-state index contributed by atoms with van der Waals surface area (Å²) in [6, 6.07) is 3.49. The molecule has 1 fully saturated rings. The Labute approximate surface area is 236 Å². The number of β-lactam (4-membered cyclic amide) rings is 1. The van der Waals surface area contributed by atoms with Gasteiger partial charge in [0.25, 0.3) is 11.8 Å². The van der Waals surface area contributed by atoms with E-state index in [9.17, 15) is 42.4 Å². The lowest BCUT2D eigenvalue weighted by atomic mass is 10.0. The minimum absolute atomic E-state index is 0.0309. The van der Waals surface area contributed by atoms with Gasteiger partial charge in [-0.15, -0.1) is 28.0 Å². The van der Waals surface area contributed by atoms with Crippen LogP contribution in [0.1, 0.15) is 17.3 Å². The molecule has 0 aliphatic carbocycles. The van der Waals surface area contributed by atoms with Crippen molar-refractivity contribution in [2.45, 2.75) is 30.1 Å². The van der Waals surface area contributed by atoms with Gasteiger partial charge in [0.15, 0.2) is 5.13 Å². The number of hydrogen-bond donors (Lipinski definition) is 3. The fourth-order valence-electron chi connectivity index (χ4n) is 3.96. The molecule has 4 N–H and O–H groups in total. The zero-order chi connectivity index (χ0) is 29.9. The minimum Gasteiger partial charge on any atom is -0.489 e. The molecule has 218 valence electrons. The van der Waals surface area contributed by atoms with E-state index in [-0.39, 0.29) is 35.3 Å². The first-order valence-electron chi connectivity index (χ1n) is 11.6. The standard InChI is InChI=1S/C23H20F3N5O8S2/c24-23(25,26)21(36)38-6-5-10-1-3-12(4-2-10)39-7-11-8-40-19-15(18(33)31(19)16(11)20(34)35)29-17(32)14(30-37)13-9-41-22(27)28-13/h1-4,9,14-15,19H,5-8H2,(H2,27,28)(H,29,32)(H,34,35)/t14?,15?,19-/m0/s1. The maximum Gasteiger partial charge on any atom is 0.490 e. The number of nitrogens with one attached hydrogen (secondary N) is 1. The summed E-state index contributed by atoms with van der Waals surface area (Å²) in [5.41, 5.74) is 6.14. The van der Waals surface area contributed by atoms with Crippen molar-refractivity contribution >= 4 is 52.0 Å². The van der Waals surface area contributed by atoms with Gasteiger partial charge in [-0.1, -0.05) is 12.1 Å². The monoisotopic (exact) mass is 615 g/mol. The Kier molecular flexibility index (Phi) is 8.81. The Morgan fingerprint density at radius 2 is 1.98 bits per heavy atom. The summed E-state index contributed by atoms with van der Waals surface area (Å²) < 4.78 is 46.4. The van der Waals surface area contributed by atoms with Crippen molar-refractivity contribution in [2.24, 2.45) is 5.18 Å². The molecule has 0 bridgehead atoms. The van der Waals surface area contributed by atoms with Crippen molar-refractivity contribution in [3.63, 3.8) is 0 Å². The van der Waals surface area contributed by atoms with Crippen LogP contribution in [0.2, 0.25) is 0 Å². The first-order valence-corrected chi connectivity index (χ1v) is 13.5. The number of ether oxygens (including phenoxy) is 2. The molecule has 4 rings (SSSR count). The Balaban J connectivity index is 1.35. The predicted octanol–water partition coefficient (Wildman–Crippen LogP) is 2.00. The van der Waals surface area contributed by atoms with E-state index >= 15 is 0 Å². The molecular formula is C23H20F3N5O8S2. The molecule has 2 aromatic rings. The highest BCUT2D eigenvalue weighted by Crippen LogP contribution is 2.40. The highest BCUT2D eigenvalue weighted by Gasteiger charge is 2.54. The summed E-state index contributed by atoms with van der Waals surface area (Å²) in [5.74, 6) is -4.74. The molecule has 0 radical (unpaired) electrons. The molecule has 0 spiro atoms. The summed E-state index contributed by atoms with van der Waals surface area (Å²) in [7, 11) is 0. The first-order chi connectivity index (χ1) is 19.4. The van der Waals surface area contributed by atoms with Gasteiger partial charge < -0.3 is 25.6 Å². The molecule has 0 saturated carbocycles. The number of carboxylic acids is 1. The number of alkyl halides is 3. The molecule has 2 unspecified atom stereocenters. The number of hydrogen-bond acceptors (Lipinski definition) is 12. The number of amides is 2. The number of aromatic nitrogens is 1. The summed E-state index contributed by atoms with van der Waals surface area (Å²) in [6.45, 7) is -0.657. The Morgan fingerprint density at radius 3 is 2.56 bits per heavy atom. The number of thioether (sulfide) groups is 1. The normalized spacial score (nSPS) is 19.1. The van der Waals surface area contributed by atoms with Crippen LogP contribution in [0.5, 0.6) is 5.75 Å². The van der Waals surface area contributed by atoms with Gasteiger partial charge in [-0.2, -0.15) is 13.2 Å². The third kappa shape index (κ3) is 6.59. The number of nitroso groups, excluding NO2 is 1. The molecule has 2 aliphatic heterocycles. The van der Waals surface area contributed by atoms with Crippen molar-refractivity contribution < 1.29 is 46.9 Å². The summed E-state index contributed by atoms with van der Waals surface area (Å²) >= 11 is 2.20. The number of aliphatic carboxylic acids is 1. The third-order valence-electron chi connectivity index (χ3n) is 5.91. The summed E-state index contributed by atoms with van der Waals surface area (Å²) in [4.78, 5) is 64.5. The van der Waals surface area contributed by atoms with Gasteiger partial charge in [0.2, 0.25) is 6.04 Å². The number of nitrogens with two attached hydrogens (primary N) is 1. The highest BCUT2D eigenvalue weighted by atomic mass is 32.2. The second-order valence-corrected chi connectivity index (χ2v) is 10.6. The topological polar surface area (TPSA) is 191 Å². The van der Waals surface area contributed by atoms with Crippen LogP contribution in [0.15, 0.2) is 46.1 Å². The van der Waals surface area contributed by atoms with E-state index in [1.165, 1.54) is 29.3 Å². The van der Waals surface area contributed by atoms with Gasteiger partial charge in [-0.25, -0.2) is 14.6 Å². The largest absolute Gasteiger partial charge is 0.490 e. The fraction of sp³-hybridized carbons (Fsp3) is 0.348. The van der Waals surface area contributed by atoms with E-state index < -0.39 is 54.0 Å². The SMILES string of the molecule is Nc1nc(C(N=O)C(=O)NC2C(=O)N3C(C(=O)O)=C(COc4ccc(CCOC(=O)C(F)(F)F)cc4)CS[C@@H]23)cs1. The Hall–Kier alpha value is -4.19. The quantitative estimate of drug-likeness (QED) is 0.190. The number of esters is 1. The first kappa shape index (κ1) is 29.8. The zero-order valence-corrected chi connectivity index (χ0v) is 22.3. The van der Waals surface area contributed by atoms with Crippen LogP contribution in [-0.2, 0) is 30.3 Å². The molecule has 13 nitrogen and oxygen atoms in total. The number of carboxylic acid groups (broad SMARTS) is 1. The number of fused-ring (bicyclic) bond motifs is 1. The lowest BCUT2D eigenvalue weighted by molar-refractivity contribution is -0.199. The molecule has 1 aromatic heterocycles. The maximum atomic E-state index is 12.9. The van der Waals surface area contributed by atoms with Gasteiger partial charge in [0, 0.05) is 23.1 Å². The zero-order valence-electron chi connectivity index (χ0n) is 20.6. The molecule has 18 heteroatoms. The molecule has 41 heavy (non-hydrogen) atoms. The number of carbonyl (C=O) groups is 4. The van der Waals surface area contributed by atoms with E-state index in [0.29, 0.717) is 16.9 Å². The molecule has 2 aliphatic rings. The number of halogens is 3. The number of rotatable bonds is 11. The van der Waals surface area contributed by atoms with E-state index in [4.69, 9.17) is 10.5 Å². The average molecular weight is 616 g/mol. The molecule has 3 heterocycles. The van der Waals surface area contributed by atoms with E-state index in [1.54, 1.807) is 12.1 Å². The molecule has 1 saturated heterocycles. The van der Waals surface area contributed by atoms with Crippen molar-refractivity contribution in [2.75, 3.05) is 24.7 Å². The van der Waals surface area contributed by atoms with Gasteiger partial charge in [-0.05, 0) is 22.9 Å². The van der Waals surface area contributed by atoms with Crippen LogP contribution >= 0.6 is 23.1 Å². The maximum absolute atomic E-state index is 12.9. The Morgan fingerprint density at radius 1 is 1.27 bits per heavy atom. The van der Waals surface area contributed by atoms with Crippen LogP contribution in [0.3, 0.4) is 0 Å². The predicted molar refractivity (Wildman–Crippen MR) is 137 cm³/mol. The van der Waals surface area contributed by atoms with Crippen LogP contribution in [0.4, 0.5) is 18.3 Å². The fourth-order valence-corrected chi connectivity index (χ4v) is 5.86. The molecule has 1 aromatic carbocycles. The van der Waals surface area contributed by atoms with Crippen LogP contribution < -0.4 is 15.8 Å². The van der Waals surface area contributed by atoms with E-state index in [2.05, 4.69) is 20.2 Å². The van der Waals surface area contributed by atoms with Gasteiger partial charge >= 0.3 is 18.1 Å². The van der Waals surface area contributed by atoms with Crippen molar-refractivity contribution in [3.8, 4) is 5.75 Å². The summed E-state index contributed by atoms with van der Waals surface area (Å²) in [6.07, 6.45) is -5.03. The van der Waals surface area contributed by atoms with Gasteiger partial charge in [0.05, 0.1) is 12.3 Å². The van der Waals surface area contributed by atoms with Gasteiger partial charge in [0.1, 0.15) is 29.5 Å². The number of carbonyl (C=O) groups excluding carboxylic acids is 3. The van der Waals surface area contributed by atoms with Crippen molar-refractivity contribution in [1.29, 1.82) is 0 Å². The third-order valence-corrected chi connectivity index (χ3v) is 7.94. The highest BCUT2D eigenvalue weighted by molar-refractivity contribution is 8.00. The second kappa shape index (κ2) is 12.1. The van der Waals surface area contributed by atoms with Crippen LogP contribution in [0.25, 0.3) is 0 Å². The number of benzene rings is 1. The van der Waals surface area contributed by atoms with Gasteiger partial charge in [-0.3, -0.25) is 14.5 Å². The van der Waals surface area contributed by atoms with E-state index in [1.807, 2.05) is 0 Å². The number of nitrogen functional groups attached to an aromatic ring is 1. The van der Waals surface area contributed by atoms with Crippen LogP contribution in [-0.4, -0.2) is 75.3 Å². The van der Waals surface area contributed by atoms with Crippen molar-refractivity contribution in [1.82, 2.24) is 15.2 Å². The molecular weight excluding hydrogens is 595 g/mol. The number of nitrogens with zero attached hydrogens (tertiary/aromatic N) is 3. The van der Waals surface area contributed by atoms with Crippen LogP contribution in [0, 0.1) is 4.91 Å². The number of anilines is 1.